The molecule has 15 heavy (non-hydrogen) atoms. The first-order valence-corrected chi connectivity index (χ1v) is 6.11. The molecule has 1 aliphatic rings. The molecule has 0 aromatic heterocycles. The lowest BCUT2D eigenvalue weighted by Crippen LogP contribution is -2.22. The van der Waals surface area contributed by atoms with Crippen LogP contribution >= 0.6 is 0 Å². The number of hydrogen-bond acceptors (Lipinski definition) is 3. The molecule has 0 bridgehead atoms. The first-order valence-electron chi connectivity index (χ1n) is 6.11. The lowest BCUT2D eigenvalue weighted by Gasteiger charge is -2.18. The fraction of sp³-hybridized carbons (Fsp3) is 0.917. The van der Waals surface area contributed by atoms with E-state index in [4.69, 9.17) is 9.47 Å². The number of rotatable bonds is 7. The second-order valence-electron chi connectivity index (χ2n) is 4.23. The number of unbranched alkanes of at least 4 members (excludes halogenated alkanes) is 3. The SMILES string of the molecule is CCCCCCC(CC)C1COC(=O)O1. The zero-order chi connectivity index (χ0) is 11.1. The maximum absolute atomic E-state index is 10.8. The number of ether oxygens (including phenoxy) is 2. The molecule has 1 saturated heterocycles. The molecule has 0 N–H and O–H groups in total. The highest BCUT2D eigenvalue weighted by Crippen LogP contribution is 2.24. The fourth-order valence-electron chi connectivity index (χ4n) is 2.06. The van der Waals surface area contributed by atoms with Gasteiger partial charge in [0, 0.05) is 0 Å². The Bertz CT molecular complexity index is 191. The Kier molecular flexibility index (Phi) is 5.51. The molecule has 3 nitrogen and oxygen atoms in total. The van der Waals surface area contributed by atoms with E-state index >= 15 is 0 Å². The van der Waals surface area contributed by atoms with Crippen molar-refractivity contribution in [3.05, 3.63) is 0 Å². The number of cyclic esters (lactones) is 2. The minimum absolute atomic E-state index is 0.00382. The van der Waals surface area contributed by atoms with Crippen LogP contribution in [0.3, 0.4) is 0 Å². The van der Waals surface area contributed by atoms with Crippen molar-refractivity contribution in [2.75, 3.05) is 6.61 Å². The van der Waals surface area contributed by atoms with Crippen LogP contribution in [0.4, 0.5) is 4.79 Å². The molecule has 0 spiro atoms. The van der Waals surface area contributed by atoms with Gasteiger partial charge in [-0.05, 0) is 18.8 Å². The van der Waals surface area contributed by atoms with E-state index in [1.807, 2.05) is 0 Å². The molecule has 1 heterocycles. The van der Waals surface area contributed by atoms with Crippen LogP contribution in [0.1, 0.15) is 52.4 Å². The molecule has 1 fully saturated rings. The third-order valence-electron chi connectivity index (χ3n) is 3.09. The first-order chi connectivity index (χ1) is 7.27. The number of carbonyl (C=O) groups excluding carboxylic acids is 1. The molecule has 0 saturated carbocycles. The molecule has 0 radical (unpaired) electrons. The van der Waals surface area contributed by atoms with Crippen LogP contribution in [-0.4, -0.2) is 18.9 Å². The van der Waals surface area contributed by atoms with Gasteiger partial charge in [0.25, 0.3) is 0 Å². The van der Waals surface area contributed by atoms with Crippen molar-refractivity contribution in [1.29, 1.82) is 0 Å². The predicted molar refractivity (Wildman–Crippen MR) is 58.8 cm³/mol. The van der Waals surface area contributed by atoms with Crippen LogP contribution in [0, 0.1) is 5.92 Å². The van der Waals surface area contributed by atoms with Gasteiger partial charge < -0.3 is 9.47 Å². The van der Waals surface area contributed by atoms with Crippen molar-refractivity contribution in [3.63, 3.8) is 0 Å². The summed E-state index contributed by atoms with van der Waals surface area (Å²) in [5.74, 6) is 0.480. The van der Waals surface area contributed by atoms with Crippen LogP contribution in [0.2, 0.25) is 0 Å². The molecule has 88 valence electrons. The quantitative estimate of drug-likeness (QED) is 0.480. The van der Waals surface area contributed by atoms with Crippen molar-refractivity contribution in [2.45, 2.75) is 58.5 Å². The minimum Gasteiger partial charge on any atom is -0.430 e. The number of hydrogen-bond donors (Lipinski definition) is 0. The highest BCUT2D eigenvalue weighted by atomic mass is 16.8. The van der Waals surface area contributed by atoms with E-state index in [-0.39, 0.29) is 6.10 Å². The van der Waals surface area contributed by atoms with Gasteiger partial charge in [0.1, 0.15) is 12.7 Å². The zero-order valence-corrected chi connectivity index (χ0v) is 9.83. The standard InChI is InChI=1S/C12H22O3/c1-3-5-6-7-8-10(4-2)11-9-14-12(13)15-11/h10-11H,3-9H2,1-2H3. The normalized spacial score (nSPS) is 22.3. The minimum atomic E-state index is -0.494. The third kappa shape index (κ3) is 4.10. The fourth-order valence-corrected chi connectivity index (χ4v) is 2.06. The van der Waals surface area contributed by atoms with E-state index < -0.39 is 6.16 Å². The van der Waals surface area contributed by atoms with Crippen LogP contribution in [-0.2, 0) is 9.47 Å². The third-order valence-corrected chi connectivity index (χ3v) is 3.09. The van der Waals surface area contributed by atoms with Crippen molar-refractivity contribution in [2.24, 2.45) is 5.92 Å². The average Bonchev–Trinajstić information content (AvgIpc) is 2.65. The maximum atomic E-state index is 10.8. The van der Waals surface area contributed by atoms with E-state index in [0.717, 1.165) is 12.8 Å². The number of carbonyl (C=O) groups is 1. The molecule has 0 aromatic carbocycles. The van der Waals surface area contributed by atoms with Crippen LogP contribution in [0.25, 0.3) is 0 Å². The molecule has 0 aliphatic carbocycles. The molecule has 1 rings (SSSR count). The van der Waals surface area contributed by atoms with Gasteiger partial charge in [-0.25, -0.2) is 4.79 Å². The van der Waals surface area contributed by atoms with Crippen LogP contribution in [0.5, 0.6) is 0 Å². The van der Waals surface area contributed by atoms with Gasteiger partial charge in [-0.2, -0.15) is 0 Å². The first kappa shape index (κ1) is 12.3. The van der Waals surface area contributed by atoms with E-state index in [1.165, 1.54) is 25.7 Å². The lowest BCUT2D eigenvalue weighted by atomic mass is 9.93. The summed E-state index contributed by atoms with van der Waals surface area (Å²) in [5.41, 5.74) is 0. The molecule has 3 heteroatoms. The molecular formula is C12H22O3. The van der Waals surface area contributed by atoms with Gasteiger partial charge in [0.15, 0.2) is 0 Å². The second-order valence-corrected chi connectivity index (χ2v) is 4.23. The van der Waals surface area contributed by atoms with Gasteiger partial charge in [0.2, 0.25) is 0 Å². The lowest BCUT2D eigenvalue weighted by molar-refractivity contribution is 0.0933. The summed E-state index contributed by atoms with van der Waals surface area (Å²) in [6, 6.07) is 0. The highest BCUT2D eigenvalue weighted by Gasteiger charge is 2.31. The topological polar surface area (TPSA) is 35.5 Å². The van der Waals surface area contributed by atoms with E-state index in [2.05, 4.69) is 13.8 Å². The Hall–Kier alpha value is -0.730. The zero-order valence-electron chi connectivity index (χ0n) is 9.83. The molecule has 1 aliphatic heterocycles. The Labute approximate surface area is 92.1 Å². The van der Waals surface area contributed by atoms with E-state index in [9.17, 15) is 4.79 Å². The summed E-state index contributed by atoms with van der Waals surface area (Å²) in [5, 5.41) is 0. The molecule has 2 unspecified atom stereocenters. The molecular weight excluding hydrogens is 192 g/mol. The Morgan fingerprint density at radius 3 is 2.67 bits per heavy atom. The largest absolute Gasteiger partial charge is 0.508 e. The van der Waals surface area contributed by atoms with E-state index in [1.54, 1.807) is 0 Å². The summed E-state index contributed by atoms with van der Waals surface area (Å²) in [6.45, 7) is 4.81. The summed E-state index contributed by atoms with van der Waals surface area (Å²) in [7, 11) is 0. The summed E-state index contributed by atoms with van der Waals surface area (Å²) < 4.78 is 9.92. The van der Waals surface area contributed by atoms with Crippen molar-refractivity contribution in [1.82, 2.24) is 0 Å². The second kappa shape index (κ2) is 6.70. The van der Waals surface area contributed by atoms with Crippen molar-refractivity contribution >= 4 is 6.16 Å². The Balaban J connectivity index is 2.20. The predicted octanol–water partition coefficient (Wildman–Crippen LogP) is 3.52. The van der Waals surface area contributed by atoms with Crippen molar-refractivity contribution in [3.8, 4) is 0 Å². The van der Waals surface area contributed by atoms with Gasteiger partial charge in [-0.3, -0.25) is 0 Å². The van der Waals surface area contributed by atoms with E-state index in [0.29, 0.717) is 12.5 Å². The van der Waals surface area contributed by atoms with Gasteiger partial charge in [-0.1, -0.05) is 39.5 Å². The van der Waals surface area contributed by atoms with Gasteiger partial charge >= 0.3 is 6.16 Å². The summed E-state index contributed by atoms with van der Waals surface area (Å²) in [6.07, 6.45) is 6.81. The average molecular weight is 214 g/mol. The maximum Gasteiger partial charge on any atom is 0.508 e. The molecule has 0 amide bonds. The summed E-state index contributed by atoms with van der Waals surface area (Å²) in [4.78, 5) is 10.8. The Morgan fingerprint density at radius 1 is 1.33 bits per heavy atom. The monoisotopic (exact) mass is 214 g/mol. The highest BCUT2D eigenvalue weighted by molar-refractivity contribution is 5.61. The molecule has 0 aromatic rings. The van der Waals surface area contributed by atoms with Crippen LogP contribution < -0.4 is 0 Å². The smallest absolute Gasteiger partial charge is 0.430 e. The van der Waals surface area contributed by atoms with Crippen LogP contribution in [0.15, 0.2) is 0 Å². The van der Waals surface area contributed by atoms with Gasteiger partial charge in [-0.15, -0.1) is 0 Å². The van der Waals surface area contributed by atoms with Crippen molar-refractivity contribution < 1.29 is 14.3 Å². The van der Waals surface area contributed by atoms with Gasteiger partial charge in [0.05, 0.1) is 0 Å². The Morgan fingerprint density at radius 2 is 2.13 bits per heavy atom. The summed E-state index contributed by atoms with van der Waals surface area (Å²) >= 11 is 0. The molecule has 2 atom stereocenters.